The molecule has 0 N–H and O–H groups in total. The second-order valence-corrected chi connectivity index (χ2v) is 9.63. The van der Waals surface area contributed by atoms with E-state index in [9.17, 15) is 8.78 Å². The zero-order valence-electron chi connectivity index (χ0n) is 20.5. The summed E-state index contributed by atoms with van der Waals surface area (Å²) in [5, 5.41) is 0. The lowest BCUT2D eigenvalue weighted by Gasteiger charge is -2.12. The van der Waals surface area contributed by atoms with Crippen LogP contribution in [-0.2, 0) is 12.8 Å². The van der Waals surface area contributed by atoms with Crippen LogP contribution in [0, 0.1) is 17.6 Å². The van der Waals surface area contributed by atoms with E-state index in [1.165, 1.54) is 61.3 Å². The highest BCUT2D eigenvalue weighted by atomic mass is 19.2. The highest BCUT2D eigenvalue weighted by Crippen LogP contribution is 2.40. The Kier molecular flexibility index (Phi) is 8.37. The van der Waals surface area contributed by atoms with Gasteiger partial charge in [-0.15, -0.1) is 0 Å². The third-order valence-electron chi connectivity index (χ3n) is 7.27. The van der Waals surface area contributed by atoms with Gasteiger partial charge in [0.05, 0.1) is 6.61 Å². The molecule has 1 fully saturated rings. The summed E-state index contributed by atoms with van der Waals surface area (Å²) in [6.45, 7) is 4.33. The zero-order chi connectivity index (χ0) is 23.9. The highest BCUT2D eigenvalue weighted by Gasteiger charge is 2.25. The molecule has 1 aliphatic rings. The minimum Gasteiger partial charge on any atom is -0.491 e. The smallest absolute Gasteiger partial charge is 0.201 e. The first kappa shape index (κ1) is 24.4. The zero-order valence-corrected chi connectivity index (χ0v) is 20.5. The van der Waals surface area contributed by atoms with Gasteiger partial charge in [0.1, 0.15) is 0 Å². The Hall–Kier alpha value is -2.68. The van der Waals surface area contributed by atoms with Crippen LogP contribution in [0.4, 0.5) is 8.78 Å². The summed E-state index contributed by atoms with van der Waals surface area (Å²) < 4.78 is 33.9. The van der Waals surface area contributed by atoms with E-state index >= 15 is 0 Å². The summed E-state index contributed by atoms with van der Waals surface area (Å²) in [7, 11) is 0. The van der Waals surface area contributed by atoms with E-state index in [-0.39, 0.29) is 11.3 Å². The van der Waals surface area contributed by atoms with Crippen molar-refractivity contribution in [3.63, 3.8) is 0 Å². The topological polar surface area (TPSA) is 9.23 Å². The second-order valence-electron chi connectivity index (χ2n) is 9.63. The van der Waals surface area contributed by atoms with Crippen molar-refractivity contribution in [3.8, 4) is 16.9 Å². The van der Waals surface area contributed by atoms with Gasteiger partial charge in [-0.25, -0.2) is 4.39 Å². The van der Waals surface area contributed by atoms with Gasteiger partial charge in [-0.1, -0.05) is 74.7 Å². The molecule has 3 heteroatoms. The lowest BCUT2D eigenvalue weighted by atomic mass is 9.93. The van der Waals surface area contributed by atoms with Gasteiger partial charge in [0, 0.05) is 5.56 Å². The van der Waals surface area contributed by atoms with Gasteiger partial charge in [-0.2, -0.15) is 4.39 Å². The van der Waals surface area contributed by atoms with Gasteiger partial charge >= 0.3 is 0 Å². The van der Waals surface area contributed by atoms with E-state index in [4.69, 9.17) is 4.74 Å². The van der Waals surface area contributed by atoms with E-state index < -0.39 is 11.6 Å². The maximum Gasteiger partial charge on any atom is 0.201 e. The Morgan fingerprint density at radius 2 is 1.47 bits per heavy atom. The van der Waals surface area contributed by atoms with Crippen molar-refractivity contribution < 1.29 is 13.5 Å². The minimum atomic E-state index is -0.930. The molecule has 180 valence electrons. The van der Waals surface area contributed by atoms with Crippen molar-refractivity contribution in [3.05, 3.63) is 89.0 Å². The Bertz CT molecular complexity index is 1060. The Morgan fingerprint density at radius 3 is 2.12 bits per heavy atom. The highest BCUT2D eigenvalue weighted by molar-refractivity contribution is 5.65. The summed E-state index contributed by atoms with van der Waals surface area (Å²) in [5.74, 6) is -0.189. The fourth-order valence-electron chi connectivity index (χ4n) is 5.25. The number of hydrogen-bond donors (Lipinski definition) is 0. The normalized spacial score (nSPS) is 17.8. The molecule has 4 rings (SSSR count). The molecule has 0 saturated heterocycles. The summed E-state index contributed by atoms with van der Waals surface area (Å²) >= 11 is 0. The fraction of sp³-hybridized carbons (Fsp3) is 0.419. The molecule has 0 aliphatic heterocycles. The Morgan fingerprint density at radius 1 is 0.794 bits per heavy atom. The summed E-state index contributed by atoms with van der Waals surface area (Å²) in [5.41, 5.74) is 4.95. The van der Waals surface area contributed by atoms with Crippen LogP contribution in [-0.4, -0.2) is 6.61 Å². The molecule has 0 radical (unpaired) electrons. The number of ether oxygens (including phenoxy) is 1. The second kappa shape index (κ2) is 11.6. The predicted molar refractivity (Wildman–Crippen MR) is 136 cm³/mol. The molecule has 1 saturated carbocycles. The average molecular weight is 463 g/mol. The molecular formula is C31H36F2O. The van der Waals surface area contributed by atoms with Crippen LogP contribution < -0.4 is 4.74 Å². The van der Waals surface area contributed by atoms with E-state index in [0.29, 0.717) is 12.2 Å². The molecule has 0 aromatic heterocycles. The molecule has 34 heavy (non-hydrogen) atoms. The molecular weight excluding hydrogens is 426 g/mol. The molecule has 3 aromatic carbocycles. The van der Waals surface area contributed by atoms with Crippen molar-refractivity contribution in [2.24, 2.45) is 5.92 Å². The van der Waals surface area contributed by atoms with E-state index in [1.807, 2.05) is 24.3 Å². The molecule has 1 nitrogen and oxygen atoms in total. The Labute approximate surface area is 203 Å². The average Bonchev–Trinajstić information content (AvgIpc) is 3.34. The van der Waals surface area contributed by atoms with Gasteiger partial charge in [-0.3, -0.25) is 0 Å². The quantitative estimate of drug-likeness (QED) is 0.292. The third-order valence-corrected chi connectivity index (χ3v) is 7.27. The number of rotatable bonds is 10. The van der Waals surface area contributed by atoms with Crippen LogP contribution in [0.5, 0.6) is 5.75 Å². The van der Waals surface area contributed by atoms with Crippen molar-refractivity contribution in [2.75, 3.05) is 6.61 Å². The number of hydrogen-bond acceptors (Lipinski definition) is 1. The largest absolute Gasteiger partial charge is 0.491 e. The lowest BCUT2D eigenvalue weighted by Crippen LogP contribution is -1.99. The third kappa shape index (κ3) is 5.87. The maximum atomic E-state index is 14.5. The molecule has 0 heterocycles. The number of halogens is 2. The van der Waals surface area contributed by atoms with Crippen molar-refractivity contribution in [1.82, 2.24) is 0 Å². The standard InChI is InChI=1S/C31H36F2O/c1-3-5-6-24-13-18-27(21-24)25-14-9-22(10-15-25)7-8-23-11-16-26(17-12-23)28-19-20-29(34-4-2)31(33)30(28)32/h9-12,14-17,19-20,24,27H,3-8,13,18,21H2,1-2H3. The molecule has 2 unspecified atom stereocenters. The first-order chi connectivity index (χ1) is 16.6. The van der Waals surface area contributed by atoms with Crippen molar-refractivity contribution in [1.29, 1.82) is 0 Å². The van der Waals surface area contributed by atoms with Gasteiger partial charge in [0.15, 0.2) is 11.6 Å². The number of aryl methyl sites for hydroxylation is 2. The van der Waals surface area contributed by atoms with Gasteiger partial charge in [0.2, 0.25) is 5.82 Å². The van der Waals surface area contributed by atoms with E-state index in [2.05, 4.69) is 31.2 Å². The maximum absolute atomic E-state index is 14.5. The molecule has 2 atom stereocenters. The van der Waals surface area contributed by atoms with Crippen LogP contribution in [0.2, 0.25) is 0 Å². The molecule has 0 amide bonds. The molecule has 1 aliphatic carbocycles. The lowest BCUT2D eigenvalue weighted by molar-refractivity contribution is 0.314. The van der Waals surface area contributed by atoms with Crippen molar-refractivity contribution >= 4 is 0 Å². The van der Waals surface area contributed by atoms with Crippen LogP contribution >= 0.6 is 0 Å². The first-order valence-corrected chi connectivity index (χ1v) is 12.9. The SMILES string of the molecule is CCCCC1CCC(c2ccc(CCc3ccc(-c4ccc(OCC)c(F)c4F)cc3)cc2)C1. The number of unbranched alkanes of at least 4 members (excludes halogenated alkanes) is 1. The predicted octanol–water partition coefficient (Wildman–Crippen LogP) is 8.89. The van der Waals surface area contributed by atoms with Gasteiger partial charge < -0.3 is 4.74 Å². The first-order valence-electron chi connectivity index (χ1n) is 12.9. The summed E-state index contributed by atoms with van der Waals surface area (Å²) in [6, 6.07) is 20.0. The minimum absolute atomic E-state index is 0.0457. The van der Waals surface area contributed by atoms with Gasteiger partial charge in [0.25, 0.3) is 0 Å². The van der Waals surface area contributed by atoms with Crippen LogP contribution in [0.15, 0.2) is 60.7 Å². The number of benzene rings is 3. The fourth-order valence-corrected chi connectivity index (χ4v) is 5.25. The van der Waals surface area contributed by atoms with Crippen LogP contribution in [0.25, 0.3) is 11.1 Å². The molecule has 0 bridgehead atoms. The van der Waals surface area contributed by atoms with Crippen LogP contribution in [0.3, 0.4) is 0 Å². The van der Waals surface area contributed by atoms with Crippen LogP contribution in [0.1, 0.15) is 75.0 Å². The van der Waals surface area contributed by atoms with Gasteiger partial charge in [-0.05, 0) is 85.3 Å². The summed E-state index contributed by atoms with van der Waals surface area (Å²) in [6.07, 6.45) is 10.0. The molecule has 0 spiro atoms. The Balaban J connectivity index is 1.33. The van der Waals surface area contributed by atoms with Crippen molar-refractivity contribution in [2.45, 2.75) is 71.1 Å². The monoisotopic (exact) mass is 462 g/mol. The van der Waals surface area contributed by atoms with E-state index in [1.54, 1.807) is 13.0 Å². The molecule has 3 aromatic rings. The van der Waals surface area contributed by atoms with E-state index in [0.717, 1.165) is 24.7 Å². The summed E-state index contributed by atoms with van der Waals surface area (Å²) in [4.78, 5) is 0.